The Morgan fingerprint density at radius 2 is 2.28 bits per heavy atom. The van der Waals surface area contributed by atoms with E-state index in [0.717, 1.165) is 18.7 Å². The summed E-state index contributed by atoms with van der Waals surface area (Å²) in [6, 6.07) is 5.16. The highest BCUT2D eigenvalue weighted by atomic mass is 16.5. The van der Waals surface area contributed by atoms with Crippen molar-refractivity contribution in [3.63, 3.8) is 0 Å². The molecular weight excluding hydrogens is 232 g/mol. The fraction of sp³-hybridized carbons (Fsp3) is 0.385. The number of phenolic OH excluding ortho intramolecular Hbond substituents is 1. The Balaban J connectivity index is 1.67. The van der Waals surface area contributed by atoms with Gasteiger partial charge in [-0.3, -0.25) is 0 Å². The summed E-state index contributed by atoms with van der Waals surface area (Å²) in [5, 5.41) is 13.5. The normalized spacial score (nSPS) is 14.7. The second kappa shape index (κ2) is 4.33. The summed E-state index contributed by atoms with van der Waals surface area (Å²) >= 11 is 0. The predicted octanol–water partition coefficient (Wildman–Crippen LogP) is 2.54. The van der Waals surface area contributed by atoms with E-state index in [1.54, 1.807) is 25.1 Å². The van der Waals surface area contributed by atoms with Crippen LogP contribution in [0.15, 0.2) is 22.7 Å². The van der Waals surface area contributed by atoms with Gasteiger partial charge in [0.15, 0.2) is 12.4 Å². The molecule has 1 heterocycles. The van der Waals surface area contributed by atoms with Crippen LogP contribution in [0.1, 0.15) is 36.0 Å². The Morgan fingerprint density at radius 1 is 1.44 bits per heavy atom. The van der Waals surface area contributed by atoms with Crippen molar-refractivity contribution in [3.8, 4) is 11.5 Å². The van der Waals surface area contributed by atoms with Gasteiger partial charge in [0.05, 0.1) is 0 Å². The van der Waals surface area contributed by atoms with Gasteiger partial charge in [-0.2, -0.15) is 4.98 Å². The molecule has 0 unspecified atom stereocenters. The first-order valence-electron chi connectivity index (χ1n) is 5.98. The Labute approximate surface area is 104 Å². The van der Waals surface area contributed by atoms with Gasteiger partial charge in [-0.1, -0.05) is 11.2 Å². The van der Waals surface area contributed by atoms with E-state index in [1.165, 1.54) is 0 Å². The highest BCUT2D eigenvalue weighted by Gasteiger charge is 2.28. The van der Waals surface area contributed by atoms with Crippen molar-refractivity contribution in [1.29, 1.82) is 0 Å². The maximum Gasteiger partial charge on any atom is 0.264 e. The summed E-state index contributed by atoms with van der Waals surface area (Å²) in [6.45, 7) is 2.03. The van der Waals surface area contributed by atoms with Crippen LogP contribution >= 0.6 is 0 Å². The third kappa shape index (κ3) is 2.16. The number of benzene rings is 1. The fourth-order valence-electron chi connectivity index (χ4n) is 1.73. The highest BCUT2D eigenvalue weighted by molar-refractivity contribution is 5.42. The summed E-state index contributed by atoms with van der Waals surface area (Å²) in [4.78, 5) is 4.27. The van der Waals surface area contributed by atoms with Gasteiger partial charge in [0.25, 0.3) is 5.89 Å². The molecule has 1 aromatic heterocycles. The highest BCUT2D eigenvalue weighted by Crippen LogP contribution is 2.38. The number of hydrogen-bond donors (Lipinski definition) is 1. The minimum Gasteiger partial charge on any atom is -0.508 e. The van der Waals surface area contributed by atoms with Gasteiger partial charge in [-0.25, -0.2) is 0 Å². The lowest BCUT2D eigenvalue weighted by Crippen LogP contribution is -1.97. The molecule has 1 aromatic carbocycles. The molecule has 94 valence electrons. The van der Waals surface area contributed by atoms with Crippen molar-refractivity contribution < 1.29 is 14.4 Å². The standard InChI is InChI=1S/C13H14N2O3/c1-8-10(16)3-2-4-11(8)17-7-12-14-13(15-18-12)9-5-6-9/h2-4,9,16H,5-7H2,1H3. The zero-order chi connectivity index (χ0) is 12.5. The van der Waals surface area contributed by atoms with Crippen LogP contribution in [0.25, 0.3) is 0 Å². The van der Waals surface area contributed by atoms with E-state index in [2.05, 4.69) is 10.1 Å². The lowest BCUT2D eigenvalue weighted by atomic mass is 10.2. The van der Waals surface area contributed by atoms with E-state index < -0.39 is 0 Å². The number of ether oxygens (including phenoxy) is 1. The first-order chi connectivity index (χ1) is 8.74. The maximum atomic E-state index is 9.55. The van der Waals surface area contributed by atoms with E-state index in [1.807, 2.05) is 0 Å². The van der Waals surface area contributed by atoms with Crippen molar-refractivity contribution in [2.24, 2.45) is 0 Å². The molecule has 0 aliphatic heterocycles. The smallest absolute Gasteiger partial charge is 0.264 e. The van der Waals surface area contributed by atoms with Gasteiger partial charge in [-0.15, -0.1) is 0 Å². The monoisotopic (exact) mass is 246 g/mol. The van der Waals surface area contributed by atoms with E-state index in [4.69, 9.17) is 9.26 Å². The van der Waals surface area contributed by atoms with Gasteiger partial charge < -0.3 is 14.4 Å². The first kappa shape index (κ1) is 11.1. The number of aromatic nitrogens is 2. The van der Waals surface area contributed by atoms with Gasteiger partial charge in [0.1, 0.15) is 11.5 Å². The molecule has 0 bridgehead atoms. The molecule has 1 fully saturated rings. The van der Waals surface area contributed by atoms with Gasteiger partial charge in [-0.05, 0) is 31.9 Å². The van der Waals surface area contributed by atoms with Crippen LogP contribution in [0.3, 0.4) is 0 Å². The number of hydrogen-bond acceptors (Lipinski definition) is 5. The lowest BCUT2D eigenvalue weighted by molar-refractivity contribution is 0.240. The zero-order valence-corrected chi connectivity index (χ0v) is 10.1. The average molecular weight is 246 g/mol. The Morgan fingerprint density at radius 3 is 3.06 bits per heavy atom. The lowest BCUT2D eigenvalue weighted by Gasteiger charge is -2.07. The summed E-state index contributed by atoms with van der Waals surface area (Å²) in [5.41, 5.74) is 0.708. The zero-order valence-electron chi connectivity index (χ0n) is 10.1. The molecule has 0 atom stereocenters. The third-order valence-electron chi connectivity index (χ3n) is 3.03. The van der Waals surface area contributed by atoms with E-state index >= 15 is 0 Å². The van der Waals surface area contributed by atoms with Gasteiger partial charge in [0.2, 0.25) is 0 Å². The molecule has 0 radical (unpaired) electrons. The topological polar surface area (TPSA) is 68.4 Å². The Kier molecular flexibility index (Phi) is 2.66. The minimum atomic E-state index is 0.219. The Bertz CT molecular complexity index is 561. The summed E-state index contributed by atoms with van der Waals surface area (Å²) < 4.78 is 10.7. The van der Waals surface area contributed by atoms with Crippen molar-refractivity contribution in [3.05, 3.63) is 35.5 Å². The number of rotatable bonds is 4. The van der Waals surface area contributed by atoms with Gasteiger partial charge in [0, 0.05) is 11.5 Å². The molecule has 2 aromatic rings. The van der Waals surface area contributed by atoms with Gasteiger partial charge >= 0.3 is 0 Å². The van der Waals surface area contributed by atoms with E-state index in [-0.39, 0.29) is 12.4 Å². The predicted molar refractivity (Wildman–Crippen MR) is 63.4 cm³/mol. The molecule has 1 saturated carbocycles. The van der Waals surface area contributed by atoms with Crippen molar-refractivity contribution >= 4 is 0 Å². The fourth-order valence-corrected chi connectivity index (χ4v) is 1.73. The van der Waals surface area contributed by atoms with Crippen LogP contribution in [0.4, 0.5) is 0 Å². The second-order valence-electron chi connectivity index (χ2n) is 4.51. The Hall–Kier alpha value is -2.04. The molecule has 0 saturated heterocycles. The molecule has 1 N–H and O–H groups in total. The first-order valence-corrected chi connectivity index (χ1v) is 5.98. The molecule has 1 aliphatic carbocycles. The number of aromatic hydroxyl groups is 1. The van der Waals surface area contributed by atoms with Crippen molar-refractivity contribution in [2.45, 2.75) is 32.3 Å². The molecule has 3 rings (SSSR count). The molecular formula is C13H14N2O3. The molecule has 5 nitrogen and oxygen atoms in total. The number of nitrogens with zero attached hydrogens (tertiary/aromatic N) is 2. The average Bonchev–Trinajstić information content (AvgIpc) is 3.11. The minimum absolute atomic E-state index is 0.219. The van der Waals surface area contributed by atoms with E-state index in [0.29, 0.717) is 23.1 Å². The third-order valence-corrected chi connectivity index (χ3v) is 3.03. The van der Waals surface area contributed by atoms with Crippen molar-refractivity contribution in [2.75, 3.05) is 0 Å². The van der Waals surface area contributed by atoms with Crippen LogP contribution in [-0.4, -0.2) is 15.2 Å². The quantitative estimate of drug-likeness (QED) is 0.897. The van der Waals surface area contributed by atoms with E-state index in [9.17, 15) is 5.11 Å². The largest absolute Gasteiger partial charge is 0.508 e. The molecule has 0 amide bonds. The van der Waals surface area contributed by atoms with Crippen LogP contribution in [0, 0.1) is 6.92 Å². The summed E-state index contributed by atoms with van der Waals surface area (Å²) in [7, 11) is 0. The van der Waals surface area contributed by atoms with Crippen LogP contribution in [0.2, 0.25) is 0 Å². The van der Waals surface area contributed by atoms with Crippen LogP contribution < -0.4 is 4.74 Å². The summed E-state index contributed by atoms with van der Waals surface area (Å²) in [6.07, 6.45) is 2.29. The molecule has 1 aliphatic rings. The molecule has 5 heteroatoms. The SMILES string of the molecule is Cc1c(O)cccc1OCc1nc(C2CC2)no1. The van der Waals surface area contributed by atoms with Crippen LogP contribution in [0.5, 0.6) is 11.5 Å². The molecule has 0 spiro atoms. The second-order valence-corrected chi connectivity index (χ2v) is 4.51. The number of phenols is 1. The van der Waals surface area contributed by atoms with Crippen LogP contribution in [-0.2, 0) is 6.61 Å². The molecule has 18 heavy (non-hydrogen) atoms. The summed E-state index contributed by atoms with van der Waals surface area (Å²) in [5.74, 6) is 2.57. The van der Waals surface area contributed by atoms with Crippen molar-refractivity contribution in [1.82, 2.24) is 10.1 Å². The maximum absolute atomic E-state index is 9.55.